The van der Waals surface area contributed by atoms with Crippen molar-refractivity contribution < 1.29 is 4.74 Å². The average molecular weight is 277 g/mol. The fraction of sp³-hybridized carbons (Fsp3) is 0.688. The van der Waals surface area contributed by atoms with Crippen molar-refractivity contribution in [3.8, 4) is 0 Å². The number of rotatable bonds is 6. The summed E-state index contributed by atoms with van der Waals surface area (Å²) in [7, 11) is 2.14. The van der Waals surface area contributed by atoms with E-state index in [1.54, 1.807) is 0 Å². The van der Waals surface area contributed by atoms with Crippen molar-refractivity contribution in [3.63, 3.8) is 0 Å². The Labute approximate surface area is 122 Å². The molecule has 0 bridgehead atoms. The largest absolute Gasteiger partial charge is 0.381 e. The summed E-state index contributed by atoms with van der Waals surface area (Å²) in [6, 6.07) is 6.84. The molecule has 0 spiro atoms. The molecule has 0 aliphatic carbocycles. The summed E-state index contributed by atoms with van der Waals surface area (Å²) >= 11 is 0. The van der Waals surface area contributed by atoms with Crippen LogP contribution in [0.1, 0.15) is 32.4 Å². The van der Waals surface area contributed by atoms with Gasteiger partial charge in [-0.3, -0.25) is 0 Å². The van der Waals surface area contributed by atoms with E-state index in [0.29, 0.717) is 12.0 Å². The Morgan fingerprint density at radius 2 is 2.10 bits per heavy atom. The van der Waals surface area contributed by atoms with Crippen molar-refractivity contribution in [2.75, 3.05) is 31.7 Å². The molecule has 112 valence electrons. The Kier molecular flexibility index (Phi) is 5.80. The molecule has 1 aromatic heterocycles. The van der Waals surface area contributed by atoms with Crippen molar-refractivity contribution in [1.29, 1.82) is 0 Å². The lowest BCUT2D eigenvalue weighted by Gasteiger charge is -2.32. The molecule has 1 fully saturated rings. The van der Waals surface area contributed by atoms with Crippen LogP contribution in [-0.4, -0.2) is 37.8 Å². The van der Waals surface area contributed by atoms with E-state index < -0.39 is 0 Å². The van der Waals surface area contributed by atoms with E-state index in [4.69, 9.17) is 9.72 Å². The molecule has 4 heteroatoms. The van der Waals surface area contributed by atoms with Gasteiger partial charge in [0, 0.05) is 32.8 Å². The van der Waals surface area contributed by atoms with Gasteiger partial charge in [0.15, 0.2) is 0 Å². The van der Waals surface area contributed by atoms with Crippen LogP contribution in [0.2, 0.25) is 0 Å². The highest BCUT2D eigenvalue weighted by atomic mass is 16.5. The van der Waals surface area contributed by atoms with E-state index >= 15 is 0 Å². The summed E-state index contributed by atoms with van der Waals surface area (Å²) in [6.07, 6.45) is 2.18. The number of hydrogen-bond acceptors (Lipinski definition) is 4. The van der Waals surface area contributed by atoms with Gasteiger partial charge in [-0.05, 0) is 37.4 Å². The molecule has 0 amide bonds. The lowest BCUT2D eigenvalue weighted by molar-refractivity contribution is 0.0853. The van der Waals surface area contributed by atoms with Crippen molar-refractivity contribution in [2.45, 2.75) is 39.3 Å². The Morgan fingerprint density at radius 1 is 1.35 bits per heavy atom. The van der Waals surface area contributed by atoms with E-state index in [1.165, 1.54) is 0 Å². The minimum absolute atomic E-state index is 0.551. The van der Waals surface area contributed by atoms with Crippen LogP contribution in [-0.2, 0) is 11.3 Å². The molecular formula is C16H27N3O. The maximum Gasteiger partial charge on any atom is 0.128 e. The first-order valence-corrected chi connectivity index (χ1v) is 7.64. The number of nitrogens with one attached hydrogen (secondary N) is 1. The molecule has 2 heterocycles. The number of ether oxygens (including phenoxy) is 1. The molecule has 1 aromatic rings. The van der Waals surface area contributed by atoms with Crippen LogP contribution in [0, 0.1) is 5.92 Å². The Hall–Kier alpha value is -1.13. The van der Waals surface area contributed by atoms with Crippen LogP contribution in [0.25, 0.3) is 0 Å². The molecule has 0 aromatic carbocycles. The smallest absolute Gasteiger partial charge is 0.128 e. The zero-order valence-electron chi connectivity index (χ0n) is 12.9. The number of aromatic nitrogens is 1. The molecule has 20 heavy (non-hydrogen) atoms. The normalized spacial score (nSPS) is 16.6. The minimum atomic E-state index is 0.551. The van der Waals surface area contributed by atoms with E-state index in [1.807, 2.05) is 0 Å². The molecule has 0 atom stereocenters. The molecule has 4 nitrogen and oxygen atoms in total. The third-order valence-electron chi connectivity index (χ3n) is 3.75. The fourth-order valence-corrected chi connectivity index (χ4v) is 2.51. The summed E-state index contributed by atoms with van der Waals surface area (Å²) in [5.74, 6) is 1.74. The molecule has 0 radical (unpaired) electrons. The Balaban J connectivity index is 1.93. The van der Waals surface area contributed by atoms with Gasteiger partial charge in [-0.1, -0.05) is 19.9 Å². The molecule has 1 N–H and O–H groups in total. The van der Waals surface area contributed by atoms with Gasteiger partial charge >= 0.3 is 0 Å². The topological polar surface area (TPSA) is 37.4 Å². The molecule has 2 rings (SSSR count). The van der Waals surface area contributed by atoms with Crippen LogP contribution >= 0.6 is 0 Å². The van der Waals surface area contributed by atoms with E-state index in [9.17, 15) is 0 Å². The molecule has 1 aliphatic heterocycles. The quantitative estimate of drug-likeness (QED) is 0.866. The van der Waals surface area contributed by atoms with Crippen LogP contribution in [0.15, 0.2) is 18.2 Å². The Bertz CT molecular complexity index is 402. The van der Waals surface area contributed by atoms with Crippen molar-refractivity contribution >= 4 is 5.82 Å². The Morgan fingerprint density at radius 3 is 2.80 bits per heavy atom. The number of anilines is 1. The second-order valence-electron chi connectivity index (χ2n) is 5.97. The third kappa shape index (κ3) is 4.46. The van der Waals surface area contributed by atoms with Gasteiger partial charge in [-0.25, -0.2) is 4.98 Å². The van der Waals surface area contributed by atoms with E-state index in [0.717, 1.165) is 50.7 Å². The van der Waals surface area contributed by atoms with Gasteiger partial charge in [0.05, 0.1) is 5.69 Å². The summed E-state index contributed by atoms with van der Waals surface area (Å²) < 4.78 is 5.43. The lowest BCUT2D eigenvalue weighted by Crippen LogP contribution is -2.37. The van der Waals surface area contributed by atoms with Crippen molar-refractivity contribution in [2.24, 2.45) is 5.92 Å². The molecule has 1 saturated heterocycles. The second-order valence-corrected chi connectivity index (χ2v) is 5.97. The monoisotopic (exact) mass is 277 g/mol. The highest BCUT2D eigenvalue weighted by Gasteiger charge is 2.19. The van der Waals surface area contributed by atoms with Crippen LogP contribution < -0.4 is 10.2 Å². The number of nitrogens with zero attached hydrogens (tertiary/aromatic N) is 2. The van der Waals surface area contributed by atoms with Gasteiger partial charge < -0.3 is 15.0 Å². The minimum Gasteiger partial charge on any atom is -0.381 e. The summed E-state index contributed by atoms with van der Waals surface area (Å²) in [4.78, 5) is 7.07. The molecular weight excluding hydrogens is 250 g/mol. The molecule has 1 aliphatic rings. The molecule has 0 unspecified atom stereocenters. The predicted molar refractivity (Wildman–Crippen MR) is 83.0 cm³/mol. The first-order chi connectivity index (χ1) is 9.66. The first-order valence-electron chi connectivity index (χ1n) is 7.64. The zero-order valence-corrected chi connectivity index (χ0v) is 12.9. The average Bonchev–Trinajstić information content (AvgIpc) is 2.47. The standard InChI is InChI=1S/C16H27N3O/c1-13(2)11-17-12-14-5-4-6-16(18-14)19(3)15-7-9-20-10-8-15/h4-6,13,15,17H,7-12H2,1-3H3. The summed E-state index contributed by atoms with van der Waals surface area (Å²) in [5, 5.41) is 3.45. The highest BCUT2D eigenvalue weighted by Crippen LogP contribution is 2.19. The number of hydrogen-bond donors (Lipinski definition) is 1. The number of pyridine rings is 1. The van der Waals surface area contributed by atoms with Crippen LogP contribution in [0.5, 0.6) is 0 Å². The van der Waals surface area contributed by atoms with Gasteiger partial charge in [-0.15, -0.1) is 0 Å². The summed E-state index contributed by atoms with van der Waals surface area (Å²) in [6.45, 7) is 8.04. The first kappa shape index (κ1) is 15.3. The van der Waals surface area contributed by atoms with E-state index in [2.05, 4.69) is 49.3 Å². The zero-order chi connectivity index (χ0) is 14.4. The highest BCUT2D eigenvalue weighted by molar-refractivity contribution is 5.39. The van der Waals surface area contributed by atoms with Crippen LogP contribution in [0.3, 0.4) is 0 Å². The molecule has 0 saturated carbocycles. The van der Waals surface area contributed by atoms with Gasteiger partial charge in [0.2, 0.25) is 0 Å². The summed E-state index contributed by atoms with van der Waals surface area (Å²) in [5.41, 5.74) is 1.11. The van der Waals surface area contributed by atoms with Crippen LogP contribution in [0.4, 0.5) is 5.82 Å². The third-order valence-corrected chi connectivity index (χ3v) is 3.75. The predicted octanol–water partition coefficient (Wildman–Crippen LogP) is 2.44. The van der Waals surface area contributed by atoms with E-state index in [-0.39, 0.29) is 0 Å². The maximum atomic E-state index is 5.43. The maximum absolute atomic E-state index is 5.43. The fourth-order valence-electron chi connectivity index (χ4n) is 2.51. The van der Waals surface area contributed by atoms with Crippen molar-refractivity contribution in [3.05, 3.63) is 23.9 Å². The van der Waals surface area contributed by atoms with Gasteiger partial charge in [0.25, 0.3) is 0 Å². The van der Waals surface area contributed by atoms with Gasteiger partial charge in [-0.2, -0.15) is 0 Å². The second kappa shape index (κ2) is 7.60. The lowest BCUT2D eigenvalue weighted by atomic mass is 10.1. The SMILES string of the molecule is CC(C)CNCc1cccc(N(C)C2CCOCC2)n1. The van der Waals surface area contributed by atoms with Gasteiger partial charge in [0.1, 0.15) is 5.82 Å². The van der Waals surface area contributed by atoms with Crippen molar-refractivity contribution in [1.82, 2.24) is 10.3 Å².